The highest BCUT2D eigenvalue weighted by atomic mass is 16.3. The van der Waals surface area contributed by atoms with Crippen LogP contribution in [0.5, 0.6) is 0 Å². The van der Waals surface area contributed by atoms with Crippen molar-refractivity contribution in [2.75, 3.05) is 5.32 Å². The lowest BCUT2D eigenvalue weighted by Crippen LogP contribution is -2.29. The minimum Gasteiger partial charge on any atom is -0.380 e. The quantitative estimate of drug-likeness (QED) is 0.623. The average Bonchev–Trinajstić information content (AvgIpc) is 2.73. The summed E-state index contributed by atoms with van der Waals surface area (Å²) in [4.78, 5) is 23.6. The fraction of sp³-hybridized carbons (Fsp3) is 0.130. The summed E-state index contributed by atoms with van der Waals surface area (Å²) in [5.74, 6) is -0.255. The van der Waals surface area contributed by atoms with Gasteiger partial charge in [-0.1, -0.05) is 72.8 Å². The van der Waals surface area contributed by atoms with Crippen LogP contribution < -0.4 is 5.32 Å². The van der Waals surface area contributed by atoms with E-state index >= 15 is 0 Å². The van der Waals surface area contributed by atoms with Crippen molar-refractivity contribution in [3.63, 3.8) is 0 Å². The van der Waals surface area contributed by atoms with Crippen molar-refractivity contribution in [1.82, 2.24) is 0 Å². The van der Waals surface area contributed by atoms with Gasteiger partial charge in [0.05, 0.1) is 5.69 Å². The summed E-state index contributed by atoms with van der Waals surface area (Å²) in [6.45, 7) is 0. The molecule has 0 radical (unpaired) electrons. The second-order valence-corrected chi connectivity index (χ2v) is 6.35. The lowest BCUT2D eigenvalue weighted by Gasteiger charge is -2.29. The topological polar surface area (TPSA) is 66.4 Å². The Bertz CT molecular complexity index is 868. The Kier molecular flexibility index (Phi) is 5.79. The van der Waals surface area contributed by atoms with Gasteiger partial charge in [-0.05, 0) is 29.7 Å². The Hall–Kier alpha value is -3.24. The number of para-hydroxylation sites is 1. The molecule has 0 heterocycles. The molecule has 3 aromatic carbocycles. The van der Waals surface area contributed by atoms with Crippen molar-refractivity contribution in [2.24, 2.45) is 0 Å². The molecule has 0 spiro atoms. The fourth-order valence-electron chi connectivity index (χ4n) is 3.10. The maximum absolute atomic E-state index is 12.5. The van der Waals surface area contributed by atoms with Crippen molar-refractivity contribution in [3.05, 3.63) is 102 Å². The van der Waals surface area contributed by atoms with E-state index < -0.39 is 5.60 Å². The molecule has 0 atom stereocenters. The lowest BCUT2D eigenvalue weighted by atomic mass is 9.82. The minimum atomic E-state index is -1.27. The van der Waals surface area contributed by atoms with Gasteiger partial charge in [0.15, 0.2) is 6.29 Å². The molecule has 4 nitrogen and oxygen atoms in total. The molecule has 3 aromatic rings. The summed E-state index contributed by atoms with van der Waals surface area (Å²) in [6.07, 6.45) is 1.03. The van der Waals surface area contributed by atoms with Crippen LogP contribution in [0.2, 0.25) is 0 Å². The Morgan fingerprint density at radius 2 is 1.37 bits per heavy atom. The molecule has 0 fully saturated rings. The molecule has 27 heavy (non-hydrogen) atoms. The molecule has 0 aliphatic rings. The molecule has 0 aliphatic carbocycles. The lowest BCUT2D eigenvalue weighted by molar-refractivity contribution is -0.117. The number of rotatable bonds is 7. The van der Waals surface area contributed by atoms with E-state index in [-0.39, 0.29) is 18.7 Å². The molecule has 1 amide bonds. The number of anilines is 1. The van der Waals surface area contributed by atoms with E-state index in [9.17, 15) is 14.7 Å². The van der Waals surface area contributed by atoms with Crippen molar-refractivity contribution < 1.29 is 14.7 Å². The van der Waals surface area contributed by atoms with E-state index in [0.29, 0.717) is 17.5 Å². The molecule has 2 N–H and O–H groups in total. The van der Waals surface area contributed by atoms with Gasteiger partial charge in [-0.3, -0.25) is 9.59 Å². The highest BCUT2D eigenvalue weighted by Gasteiger charge is 2.31. The SMILES string of the molecule is O=Cc1ccccc1NC(=O)CCC(O)(c1ccccc1)c1ccccc1. The number of hydrogen-bond acceptors (Lipinski definition) is 3. The molecule has 4 heteroatoms. The van der Waals surface area contributed by atoms with Crippen LogP contribution in [0, 0.1) is 0 Å². The number of amides is 1. The summed E-state index contributed by atoms with van der Waals surface area (Å²) in [5, 5.41) is 14.2. The molecule has 0 aromatic heterocycles. The van der Waals surface area contributed by atoms with E-state index in [1.807, 2.05) is 60.7 Å². The maximum atomic E-state index is 12.5. The first-order chi connectivity index (χ1) is 13.1. The number of nitrogens with one attached hydrogen (secondary N) is 1. The highest BCUT2D eigenvalue weighted by Crippen LogP contribution is 2.34. The van der Waals surface area contributed by atoms with Crippen LogP contribution in [0.3, 0.4) is 0 Å². The Labute approximate surface area is 158 Å². The van der Waals surface area contributed by atoms with Gasteiger partial charge >= 0.3 is 0 Å². The molecule has 0 saturated carbocycles. The molecular weight excluding hydrogens is 338 g/mol. The predicted molar refractivity (Wildman–Crippen MR) is 106 cm³/mol. The van der Waals surface area contributed by atoms with E-state index in [1.54, 1.807) is 24.3 Å². The van der Waals surface area contributed by atoms with E-state index in [1.165, 1.54) is 0 Å². The van der Waals surface area contributed by atoms with Crippen LogP contribution in [0.15, 0.2) is 84.9 Å². The number of hydrogen-bond donors (Lipinski definition) is 2. The number of benzene rings is 3. The van der Waals surface area contributed by atoms with Crippen LogP contribution in [-0.4, -0.2) is 17.3 Å². The third-order valence-corrected chi connectivity index (χ3v) is 4.58. The zero-order chi connectivity index (χ0) is 19.1. The summed E-state index contributed by atoms with van der Waals surface area (Å²) >= 11 is 0. The minimum absolute atomic E-state index is 0.105. The average molecular weight is 359 g/mol. The van der Waals surface area contributed by atoms with Crippen molar-refractivity contribution in [2.45, 2.75) is 18.4 Å². The number of aliphatic hydroxyl groups is 1. The van der Waals surface area contributed by atoms with E-state index in [2.05, 4.69) is 5.32 Å². The summed E-state index contributed by atoms with van der Waals surface area (Å²) < 4.78 is 0. The third kappa shape index (κ3) is 4.30. The van der Waals surface area contributed by atoms with Crippen molar-refractivity contribution in [1.29, 1.82) is 0 Å². The third-order valence-electron chi connectivity index (χ3n) is 4.58. The number of aldehydes is 1. The van der Waals surface area contributed by atoms with Crippen molar-refractivity contribution in [3.8, 4) is 0 Å². The van der Waals surface area contributed by atoms with Crippen LogP contribution in [0.4, 0.5) is 5.69 Å². The maximum Gasteiger partial charge on any atom is 0.224 e. The van der Waals surface area contributed by atoms with Gasteiger partial charge < -0.3 is 10.4 Å². The summed E-state index contributed by atoms with van der Waals surface area (Å²) in [5.41, 5.74) is 1.09. The summed E-state index contributed by atoms with van der Waals surface area (Å²) in [6, 6.07) is 25.5. The first-order valence-electron chi connectivity index (χ1n) is 8.81. The van der Waals surface area contributed by atoms with Crippen LogP contribution in [0.1, 0.15) is 34.3 Å². The zero-order valence-electron chi connectivity index (χ0n) is 14.8. The second kappa shape index (κ2) is 8.43. The van der Waals surface area contributed by atoms with Gasteiger partial charge in [-0.15, -0.1) is 0 Å². The molecule has 0 aliphatic heterocycles. The van der Waals surface area contributed by atoms with Gasteiger partial charge in [0.1, 0.15) is 5.60 Å². The van der Waals surface area contributed by atoms with Gasteiger partial charge in [0.2, 0.25) is 5.91 Å². The summed E-state index contributed by atoms with van der Waals surface area (Å²) in [7, 11) is 0. The van der Waals surface area contributed by atoms with Crippen LogP contribution in [-0.2, 0) is 10.4 Å². The smallest absolute Gasteiger partial charge is 0.224 e. The monoisotopic (exact) mass is 359 g/mol. The second-order valence-electron chi connectivity index (χ2n) is 6.35. The molecule has 0 saturated heterocycles. The first kappa shape index (κ1) is 18.5. The molecule has 0 unspecified atom stereocenters. The molecule has 136 valence electrons. The number of carbonyl (C=O) groups is 2. The van der Waals surface area contributed by atoms with Gasteiger partial charge in [-0.2, -0.15) is 0 Å². The fourth-order valence-corrected chi connectivity index (χ4v) is 3.10. The normalized spacial score (nSPS) is 11.0. The van der Waals surface area contributed by atoms with Gasteiger partial charge in [0, 0.05) is 12.0 Å². The Balaban J connectivity index is 1.79. The molecule has 0 bridgehead atoms. The van der Waals surface area contributed by atoms with Crippen LogP contribution >= 0.6 is 0 Å². The molecule has 3 rings (SSSR count). The van der Waals surface area contributed by atoms with Gasteiger partial charge in [0.25, 0.3) is 0 Å². The number of carbonyl (C=O) groups excluding carboxylic acids is 2. The predicted octanol–water partition coefficient (Wildman–Crippen LogP) is 4.15. The standard InChI is InChI=1S/C23H21NO3/c25-17-18-9-7-8-14-21(18)24-22(26)15-16-23(27,19-10-3-1-4-11-19)20-12-5-2-6-13-20/h1-14,17,27H,15-16H2,(H,24,26). The van der Waals surface area contributed by atoms with Gasteiger partial charge in [-0.25, -0.2) is 0 Å². The first-order valence-corrected chi connectivity index (χ1v) is 8.81. The Morgan fingerprint density at radius 1 is 0.852 bits per heavy atom. The highest BCUT2D eigenvalue weighted by molar-refractivity contribution is 5.96. The molecular formula is C23H21NO3. The zero-order valence-corrected chi connectivity index (χ0v) is 14.8. The Morgan fingerprint density at radius 3 is 1.93 bits per heavy atom. The largest absolute Gasteiger partial charge is 0.380 e. The van der Waals surface area contributed by atoms with Crippen LogP contribution in [0.25, 0.3) is 0 Å². The van der Waals surface area contributed by atoms with Crippen molar-refractivity contribution >= 4 is 17.9 Å². The van der Waals surface area contributed by atoms with E-state index in [4.69, 9.17) is 0 Å². The van der Waals surface area contributed by atoms with E-state index in [0.717, 1.165) is 11.1 Å².